The Morgan fingerprint density at radius 1 is 1.53 bits per heavy atom. The Bertz CT molecular complexity index is 551. The van der Waals surface area contributed by atoms with Gasteiger partial charge >= 0.3 is 0 Å². The van der Waals surface area contributed by atoms with Crippen LogP contribution >= 0.6 is 22.9 Å². The van der Waals surface area contributed by atoms with Crippen molar-refractivity contribution < 1.29 is 4.79 Å². The first-order valence-corrected chi connectivity index (χ1v) is 7.05. The van der Waals surface area contributed by atoms with Crippen molar-refractivity contribution in [3.63, 3.8) is 0 Å². The van der Waals surface area contributed by atoms with E-state index < -0.39 is 0 Å². The second-order valence-corrected chi connectivity index (χ2v) is 5.62. The van der Waals surface area contributed by atoms with Gasteiger partial charge in [0.1, 0.15) is 0 Å². The number of rotatable bonds is 4. The minimum atomic E-state index is -0.183. The SMILES string of the molecule is CC(CNC(=O)c1cc(N)cc(Cl)c1)c1nccs1. The highest BCUT2D eigenvalue weighted by Crippen LogP contribution is 2.18. The average molecular weight is 296 g/mol. The predicted octanol–water partition coefficient (Wildman–Crippen LogP) is 2.91. The topological polar surface area (TPSA) is 68.0 Å². The molecule has 0 saturated carbocycles. The lowest BCUT2D eigenvalue weighted by Gasteiger charge is -2.10. The maximum absolute atomic E-state index is 12.0. The third-order valence-electron chi connectivity index (χ3n) is 2.62. The molecule has 2 rings (SSSR count). The Morgan fingerprint density at radius 3 is 2.95 bits per heavy atom. The molecule has 1 amide bonds. The van der Waals surface area contributed by atoms with Crippen molar-refractivity contribution in [1.82, 2.24) is 10.3 Å². The van der Waals surface area contributed by atoms with Crippen molar-refractivity contribution in [2.24, 2.45) is 0 Å². The van der Waals surface area contributed by atoms with Gasteiger partial charge in [-0.05, 0) is 18.2 Å². The Balaban J connectivity index is 1.98. The van der Waals surface area contributed by atoms with Gasteiger partial charge in [-0.2, -0.15) is 0 Å². The van der Waals surface area contributed by atoms with E-state index >= 15 is 0 Å². The van der Waals surface area contributed by atoms with Crippen molar-refractivity contribution in [3.8, 4) is 0 Å². The fourth-order valence-electron chi connectivity index (χ4n) is 1.66. The molecule has 0 aliphatic carbocycles. The largest absolute Gasteiger partial charge is 0.399 e. The number of nitrogens with zero attached hydrogens (tertiary/aromatic N) is 1. The first kappa shape index (κ1) is 13.8. The lowest BCUT2D eigenvalue weighted by Crippen LogP contribution is -2.27. The van der Waals surface area contributed by atoms with Crippen LogP contribution in [0, 0.1) is 0 Å². The van der Waals surface area contributed by atoms with Crippen molar-refractivity contribution in [3.05, 3.63) is 45.4 Å². The average Bonchev–Trinajstić information content (AvgIpc) is 2.88. The van der Waals surface area contributed by atoms with Crippen LogP contribution in [-0.2, 0) is 0 Å². The molecule has 0 fully saturated rings. The number of amides is 1. The summed E-state index contributed by atoms with van der Waals surface area (Å²) < 4.78 is 0. The molecule has 1 aromatic carbocycles. The van der Waals surface area contributed by atoms with Gasteiger partial charge in [0.05, 0.1) is 5.01 Å². The van der Waals surface area contributed by atoms with E-state index in [4.69, 9.17) is 17.3 Å². The molecule has 6 heteroatoms. The number of aromatic nitrogens is 1. The fourth-order valence-corrected chi connectivity index (χ4v) is 2.60. The number of carbonyl (C=O) groups excluding carboxylic acids is 1. The Morgan fingerprint density at radius 2 is 2.32 bits per heavy atom. The summed E-state index contributed by atoms with van der Waals surface area (Å²) in [5.74, 6) is -0.00177. The number of thiazole rings is 1. The summed E-state index contributed by atoms with van der Waals surface area (Å²) >= 11 is 7.45. The maximum Gasteiger partial charge on any atom is 0.251 e. The number of carbonyl (C=O) groups is 1. The number of halogens is 1. The van der Waals surface area contributed by atoms with Gasteiger partial charge in [0, 0.05) is 40.3 Å². The quantitative estimate of drug-likeness (QED) is 0.852. The van der Waals surface area contributed by atoms with Crippen molar-refractivity contribution >= 4 is 34.5 Å². The number of hydrogen-bond donors (Lipinski definition) is 2. The van der Waals surface area contributed by atoms with Crippen molar-refractivity contribution in [2.45, 2.75) is 12.8 Å². The maximum atomic E-state index is 12.0. The monoisotopic (exact) mass is 295 g/mol. The molecule has 1 unspecified atom stereocenters. The van der Waals surface area contributed by atoms with E-state index in [1.807, 2.05) is 12.3 Å². The molecule has 4 nitrogen and oxygen atoms in total. The lowest BCUT2D eigenvalue weighted by atomic mass is 10.1. The third kappa shape index (κ3) is 3.68. The molecule has 1 heterocycles. The van der Waals surface area contributed by atoms with Gasteiger partial charge in [0.25, 0.3) is 5.91 Å². The summed E-state index contributed by atoms with van der Waals surface area (Å²) in [6.45, 7) is 2.55. The minimum Gasteiger partial charge on any atom is -0.399 e. The first-order chi connectivity index (χ1) is 9.06. The molecule has 2 aromatic rings. The van der Waals surface area contributed by atoms with Crippen LogP contribution in [0.25, 0.3) is 0 Å². The molecule has 3 N–H and O–H groups in total. The zero-order valence-electron chi connectivity index (χ0n) is 10.4. The summed E-state index contributed by atoms with van der Waals surface area (Å²) in [6, 6.07) is 4.81. The zero-order chi connectivity index (χ0) is 13.8. The van der Waals surface area contributed by atoms with Gasteiger partial charge in [-0.15, -0.1) is 11.3 Å². The van der Waals surface area contributed by atoms with E-state index in [9.17, 15) is 4.79 Å². The van der Waals surface area contributed by atoms with Gasteiger partial charge in [-0.25, -0.2) is 4.98 Å². The third-order valence-corrected chi connectivity index (χ3v) is 3.85. The molecule has 19 heavy (non-hydrogen) atoms. The van der Waals surface area contributed by atoms with Crippen LogP contribution in [0.4, 0.5) is 5.69 Å². The van der Waals surface area contributed by atoms with Crippen LogP contribution in [-0.4, -0.2) is 17.4 Å². The highest BCUT2D eigenvalue weighted by atomic mass is 35.5. The Hall–Kier alpha value is -1.59. The summed E-state index contributed by atoms with van der Waals surface area (Å²) in [7, 11) is 0. The Kier molecular flexibility index (Phi) is 4.39. The van der Waals surface area contributed by atoms with Crippen LogP contribution in [0.3, 0.4) is 0 Å². The fraction of sp³-hybridized carbons (Fsp3) is 0.231. The minimum absolute atomic E-state index is 0.181. The summed E-state index contributed by atoms with van der Waals surface area (Å²) in [6.07, 6.45) is 1.76. The van der Waals surface area contributed by atoms with E-state index in [0.29, 0.717) is 22.8 Å². The van der Waals surface area contributed by atoms with Crippen molar-refractivity contribution in [2.75, 3.05) is 12.3 Å². The second kappa shape index (κ2) is 6.04. The molecule has 0 bridgehead atoms. The number of nitrogens with two attached hydrogens (primary N) is 1. The van der Waals surface area contributed by atoms with E-state index in [1.165, 1.54) is 0 Å². The molecule has 1 aromatic heterocycles. The van der Waals surface area contributed by atoms with Crippen LogP contribution in [0.15, 0.2) is 29.8 Å². The Labute approximate surface area is 120 Å². The molecular weight excluding hydrogens is 282 g/mol. The molecule has 0 radical (unpaired) electrons. The van der Waals surface area contributed by atoms with Crippen LogP contribution in [0.2, 0.25) is 5.02 Å². The van der Waals surface area contributed by atoms with Crippen LogP contribution in [0.1, 0.15) is 28.2 Å². The van der Waals surface area contributed by atoms with Crippen LogP contribution < -0.4 is 11.1 Å². The normalized spacial score (nSPS) is 12.1. The van der Waals surface area contributed by atoms with Gasteiger partial charge in [-0.1, -0.05) is 18.5 Å². The van der Waals surface area contributed by atoms with Gasteiger partial charge in [0.15, 0.2) is 0 Å². The number of hydrogen-bond acceptors (Lipinski definition) is 4. The summed E-state index contributed by atoms with van der Waals surface area (Å²) in [5, 5.41) is 6.24. The molecule has 0 saturated heterocycles. The molecule has 0 aliphatic heterocycles. The van der Waals surface area contributed by atoms with Crippen molar-refractivity contribution in [1.29, 1.82) is 0 Å². The highest BCUT2D eigenvalue weighted by molar-refractivity contribution is 7.09. The van der Waals surface area contributed by atoms with E-state index in [0.717, 1.165) is 5.01 Å². The number of nitrogens with one attached hydrogen (secondary N) is 1. The van der Waals surface area contributed by atoms with E-state index in [-0.39, 0.29) is 11.8 Å². The lowest BCUT2D eigenvalue weighted by molar-refractivity contribution is 0.0951. The molecule has 1 atom stereocenters. The number of benzene rings is 1. The zero-order valence-corrected chi connectivity index (χ0v) is 12.0. The molecule has 0 aliphatic rings. The number of anilines is 1. The molecular formula is C13H14ClN3OS. The number of nitrogen functional groups attached to an aromatic ring is 1. The predicted molar refractivity (Wildman–Crippen MR) is 78.7 cm³/mol. The standard InChI is InChI=1S/C13H14ClN3OS/c1-8(13-16-2-3-19-13)7-17-12(18)9-4-10(14)6-11(15)5-9/h2-6,8H,7,15H2,1H3,(H,17,18). The highest BCUT2D eigenvalue weighted by Gasteiger charge is 2.12. The van der Waals surface area contributed by atoms with Gasteiger partial charge in [0.2, 0.25) is 0 Å². The molecule has 100 valence electrons. The molecule has 0 spiro atoms. The van der Waals surface area contributed by atoms with Gasteiger partial charge < -0.3 is 11.1 Å². The second-order valence-electron chi connectivity index (χ2n) is 4.25. The van der Waals surface area contributed by atoms with Crippen LogP contribution in [0.5, 0.6) is 0 Å². The van der Waals surface area contributed by atoms with E-state index in [1.54, 1.807) is 35.7 Å². The smallest absolute Gasteiger partial charge is 0.251 e. The van der Waals surface area contributed by atoms with Gasteiger partial charge in [-0.3, -0.25) is 4.79 Å². The first-order valence-electron chi connectivity index (χ1n) is 5.80. The summed E-state index contributed by atoms with van der Waals surface area (Å²) in [4.78, 5) is 16.2. The summed E-state index contributed by atoms with van der Waals surface area (Å²) in [5.41, 5.74) is 6.60. The van der Waals surface area contributed by atoms with E-state index in [2.05, 4.69) is 10.3 Å².